The lowest BCUT2D eigenvalue weighted by Crippen LogP contribution is -2.44. The van der Waals surface area contributed by atoms with E-state index in [1.807, 2.05) is 28.9 Å². The van der Waals surface area contributed by atoms with Crippen molar-refractivity contribution in [2.24, 2.45) is 0 Å². The Morgan fingerprint density at radius 1 is 1.15 bits per heavy atom. The molecule has 0 radical (unpaired) electrons. The third-order valence-electron chi connectivity index (χ3n) is 4.69. The number of nitrogens with one attached hydrogen (secondary N) is 2. The van der Waals surface area contributed by atoms with Gasteiger partial charge >= 0.3 is 0 Å². The van der Waals surface area contributed by atoms with Crippen molar-refractivity contribution in [3.8, 4) is 22.6 Å². The number of H-pyrrole nitrogens is 2. The highest BCUT2D eigenvalue weighted by Gasteiger charge is 2.23. The lowest BCUT2D eigenvalue weighted by molar-refractivity contribution is 0.0985. The molecule has 0 unspecified atom stereocenters. The van der Waals surface area contributed by atoms with Crippen LogP contribution in [0.15, 0.2) is 36.8 Å². The van der Waals surface area contributed by atoms with Crippen molar-refractivity contribution in [3.63, 3.8) is 0 Å². The average molecular weight is 350 g/mol. The van der Waals surface area contributed by atoms with E-state index in [0.717, 1.165) is 40.7 Å². The molecule has 5 rings (SSSR count). The van der Waals surface area contributed by atoms with Gasteiger partial charge in [0, 0.05) is 25.0 Å². The summed E-state index contributed by atoms with van der Waals surface area (Å²) in [5, 5.41) is 18.7. The molecule has 1 saturated heterocycles. The second kappa shape index (κ2) is 5.95. The van der Waals surface area contributed by atoms with Crippen LogP contribution in [0.3, 0.4) is 0 Å². The summed E-state index contributed by atoms with van der Waals surface area (Å²) in [6.45, 7) is 4.34. The first kappa shape index (κ1) is 15.1. The Balaban J connectivity index is 1.74. The third kappa shape index (κ3) is 2.36. The molecule has 0 aliphatic carbocycles. The van der Waals surface area contributed by atoms with Crippen LogP contribution < -0.4 is 4.90 Å². The molecule has 26 heavy (non-hydrogen) atoms. The molecule has 2 N–H and O–H groups in total. The minimum Gasteiger partial charge on any atom is -0.377 e. The fraction of sp³-hybridized carbons (Fsp3) is 0.294. The third-order valence-corrected chi connectivity index (χ3v) is 4.69. The molecule has 9 heteroatoms. The lowest BCUT2D eigenvalue weighted by atomic mass is 10.2. The summed E-state index contributed by atoms with van der Waals surface area (Å²) in [6.07, 6.45) is 5.27. The number of fused-ring (bicyclic) bond motifs is 1. The van der Waals surface area contributed by atoms with E-state index in [1.54, 1.807) is 12.4 Å². The summed E-state index contributed by atoms with van der Waals surface area (Å²) in [4.78, 5) is 7.20. The Morgan fingerprint density at radius 2 is 1.96 bits per heavy atom. The maximum Gasteiger partial charge on any atom is 0.167 e. The number of morpholine rings is 1. The van der Waals surface area contributed by atoms with Crippen LogP contribution in [-0.2, 0) is 4.74 Å². The number of ether oxygens (including phenoxy) is 1. The molecule has 1 aliphatic rings. The Labute approximate surface area is 149 Å². The topological polar surface area (TPSA) is 100 Å². The van der Waals surface area contributed by atoms with E-state index in [4.69, 9.17) is 9.72 Å². The number of hydrogen-bond donors (Lipinski definition) is 2. The van der Waals surface area contributed by atoms with Gasteiger partial charge in [-0.2, -0.15) is 15.3 Å². The molecular weight excluding hydrogens is 332 g/mol. The molecule has 0 aromatic carbocycles. The normalized spacial score (nSPS) is 17.9. The van der Waals surface area contributed by atoms with Crippen LogP contribution in [0.5, 0.6) is 0 Å². The summed E-state index contributed by atoms with van der Waals surface area (Å²) in [5.41, 5.74) is 4.36. The molecule has 9 nitrogen and oxygen atoms in total. The van der Waals surface area contributed by atoms with Crippen LogP contribution in [0.25, 0.3) is 28.3 Å². The molecule has 0 bridgehead atoms. The predicted molar refractivity (Wildman–Crippen MR) is 95.8 cm³/mol. The Morgan fingerprint density at radius 3 is 2.69 bits per heavy atom. The molecule has 0 amide bonds. The summed E-state index contributed by atoms with van der Waals surface area (Å²) in [5.74, 6) is 0.902. The zero-order valence-electron chi connectivity index (χ0n) is 14.3. The highest BCUT2D eigenvalue weighted by atomic mass is 16.5. The molecule has 0 saturated carbocycles. The van der Waals surface area contributed by atoms with Crippen LogP contribution in [0.1, 0.15) is 6.92 Å². The maximum atomic E-state index is 5.57. The van der Waals surface area contributed by atoms with E-state index in [-0.39, 0.29) is 6.04 Å². The van der Waals surface area contributed by atoms with Crippen LogP contribution in [0.2, 0.25) is 0 Å². The number of aromatic nitrogens is 7. The highest BCUT2D eigenvalue weighted by Crippen LogP contribution is 2.29. The fourth-order valence-corrected chi connectivity index (χ4v) is 3.35. The van der Waals surface area contributed by atoms with Gasteiger partial charge in [-0.3, -0.25) is 10.2 Å². The zero-order chi connectivity index (χ0) is 17.5. The van der Waals surface area contributed by atoms with Crippen LogP contribution in [0, 0.1) is 0 Å². The molecule has 4 aromatic rings. The second-order valence-corrected chi connectivity index (χ2v) is 6.35. The van der Waals surface area contributed by atoms with E-state index in [9.17, 15) is 0 Å². The Hall–Kier alpha value is -3.20. The Bertz CT molecular complexity index is 1020. The van der Waals surface area contributed by atoms with Gasteiger partial charge in [0.05, 0.1) is 48.1 Å². The van der Waals surface area contributed by atoms with Crippen LogP contribution in [0.4, 0.5) is 5.82 Å². The first-order chi connectivity index (χ1) is 12.8. The predicted octanol–water partition coefficient (Wildman–Crippen LogP) is 1.73. The van der Waals surface area contributed by atoms with Gasteiger partial charge in [0.25, 0.3) is 0 Å². The molecule has 1 fully saturated rings. The van der Waals surface area contributed by atoms with Crippen LogP contribution >= 0.6 is 0 Å². The largest absolute Gasteiger partial charge is 0.377 e. The summed E-state index contributed by atoms with van der Waals surface area (Å²) in [6, 6.07) is 6.15. The van der Waals surface area contributed by atoms with Gasteiger partial charge in [0.15, 0.2) is 5.65 Å². The van der Waals surface area contributed by atoms with E-state index in [1.165, 1.54) is 0 Å². The molecule has 132 valence electrons. The average Bonchev–Trinajstić information content (AvgIpc) is 3.41. The van der Waals surface area contributed by atoms with E-state index in [0.29, 0.717) is 13.2 Å². The number of rotatable bonds is 3. The zero-order valence-corrected chi connectivity index (χ0v) is 14.3. The Kier molecular flexibility index (Phi) is 3.45. The van der Waals surface area contributed by atoms with Crippen molar-refractivity contribution >= 4 is 11.5 Å². The first-order valence-electron chi connectivity index (χ1n) is 8.54. The minimum absolute atomic E-state index is 0.256. The van der Waals surface area contributed by atoms with Gasteiger partial charge in [0.2, 0.25) is 0 Å². The molecular formula is C17H18N8O. The summed E-state index contributed by atoms with van der Waals surface area (Å²) in [7, 11) is 0. The molecule has 4 aromatic heterocycles. The lowest BCUT2D eigenvalue weighted by Gasteiger charge is -2.34. The second-order valence-electron chi connectivity index (χ2n) is 6.35. The number of nitrogens with zero attached hydrogens (tertiary/aromatic N) is 6. The SMILES string of the molecule is C[C@@H]1COCCN1c1cc(-c2ccn[nH]2)n2ncc(-c3ccn[nH]3)c2n1. The number of anilines is 1. The van der Waals surface area contributed by atoms with E-state index in [2.05, 4.69) is 37.3 Å². The summed E-state index contributed by atoms with van der Waals surface area (Å²) >= 11 is 0. The molecule has 5 heterocycles. The molecule has 1 atom stereocenters. The van der Waals surface area contributed by atoms with Gasteiger partial charge in [-0.25, -0.2) is 9.50 Å². The summed E-state index contributed by atoms with van der Waals surface area (Å²) < 4.78 is 7.41. The molecule has 1 aliphatic heterocycles. The smallest absolute Gasteiger partial charge is 0.167 e. The first-order valence-corrected chi connectivity index (χ1v) is 8.54. The van der Waals surface area contributed by atoms with Gasteiger partial charge in [0.1, 0.15) is 5.82 Å². The molecule has 0 spiro atoms. The van der Waals surface area contributed by atoms with Crippen LogP contribution in [-0.4, -0.2) is 60.8 Å². The maximum absolute atomic E-state index is 5.57. The van der Waals surface area contributed by atoms with Crippen molar-refractivity contribution in [2.45, 2.75) is 13.0 Å². The van der Waals surface area contributed by atoms with Gasteiger partial charge in [-0.05, 0) is 19.1 Å². The fourth-order valence-electron chi connectivity index (χ4n) is 3.35. The minimum atomic E-state index is 0.256. The van der Waals surface area contributed by atoms with Gasteiger partial charge < -0.3 is 9.64 Å². The van der Waals surface area contributed by atoms with Crippen molar-refractivity contribution in [3.05, 3.63) is 36.8 Å². The van der Waals surface area contributed by atoms with Crippen molar-refractivity contribution in [2.75, 3.05) is 24.7 Å². The van der Waals surface area contributed by atoms with E-state index >= 15 is 0 Å². The van der Waals surface area contributed by atoms with Gasteiger partial charge in [-0.15, -0.1) is 0 Å². The highest BCUT2D eigenvalue weighted by molar-refractivity contribution is 5.78. The van der Waals surface area contributed by atoms with Crippen molar-refractivity contribution in [1.82, 2.24) is 35.0 Å². The van der Waals surface area contributed by atoms with Gasteiger partial charge in [-0.1, -0.05) is 0 Å². The quantitative estimate of drug-likeness (QED) is 0.584. The van der Waals surface area contributed by atoms with E-state index < -0.39 is 0 Å². The monoisotopic (exact) mass is 350 g/mol. The van der Waals surface area contributed by atoms with Crippen molar-refractivity contribution in [1.29, 1.82) is 0 Å². The number of aromatic amines is 2. The standard InChI is InChI=1S/C17H18N8O/c1-11-10-26-7-6-24(11)16-8-15(14-3-5-19-23-14)25-17(21-16)12(9-20-25)13-2-4-18-22-13/h2-5,8-9,11H,6-7,10H2,1H3,(H,18,22)(H,19,23)/t11-/m1/s1. The van der Waals surface area contributed by atoms with Crippen molar-refractivity contribution < 1.29 is 4.74 Å². The number of hydrogen-bond acceptors (Lipinski definition) is 6.